The number of hydrogen-bond donors (Lipinski definition) is 2. The number of hydrogen-bond acceptors (Lipinski definition) is 5. The molecule has 0 radical (unpaired) electrons. The van der Waals surface area contributed by atoms with Gasteiger partial charge < -0.3 is 9.47 Å². The van der Waals surface area contributed by atoms with Gasteiger partial charge in [0.2, 0.25) is 0 Å². The second kappa shape index (κ2) is 12.3. The van der Waals surface area contributed by atoms with E-state index in [1.54, 1.807) is 0 Å². The van der Waals surface area contributed by atoms with Crippen LogP contribution >= 0.6 is 25.3 Å². The predicted octanol–water partition coefficient (Wildman–Crippen LogP) is 5.08. The van der Waals surface area contributed by atoms with E-state index >= 15 is 0 Å². The van der Waals surface area contributed by atoms with Crippen LogP contribution in [0.1, 0.15) is 40.9 Å². The van der Waals surface area contributed by atoms with E-state index in [4.69, 9.17) is 9.47 Å². The summed E-state index contributed by atoms with van der Waals surface area (Å²) in [5.74, 6) is 1.78. The van der Waals surface area contributed by atoms with Gasteiger partial charge in [-0.25, -0.2) is 0 Å². The first kappa shape index (κ1) is 23.0. The maximum Gasteiger partial charge on any atom is 0.193 e. The highest BCUT2D eigenvalue weighted by molar-refractivity contribution is 7.80. The van der Waals surface area contributed by atoms with Crippen LogP contribution in [0.5, 0.6) is 0 Å². The molecule has 2 rings (SSSR count). The van der Waals surface area contributed by atoms with E-state index in [1.807, 2.05) is 48.5 Å². The second-order valence-corrected chi connectivity index (χ2v) is 7.86. The van der Waals surface area contributed by atoms with Gasteiger partial charge in [-0.05, 0) is 35.8 Å². The van der Waals surface area contributed by atoms with Crippen LogP contribution in [0, 0.1) is 11.8 Å². The summed E-state index contributed by atoms with van der Waals surface area (Å²) in [6.07, 6.45) is 1.85. The van der Waals surface area contributed by atoms with Crippen molar-refractivity contribution in [1.82, 2.24) is 0 Å². The first-order valence-corrected chi connectivity index (χ1v) is 10.9. The fraction of sp³-hybridized carbons (Fsp3) is 0.435. The van der Waals surface area contributed by atoms with Crippen LogP contribution in [-0.4, -0.2) is 30.9 Å². The molecular weight excluding hydrogens is 388 g/mol. The molecule has 0 aliphatic rings. The summed E-state index contributed by atoms with van der Waals surface area (Å²) in [5, 5.41) is 0. The Balaban J connectivity index is 1.94. The van der Waals surface area contributed by atoms with Gasteiger partial charge in [-0.1, -0.05) is 62.4 Å². The third kappa shape index (κ3) is 7.63. The van der Waals surface area contributed by atoms with Crippen molar-refractivity contribution in [2.24, 2.45) is 11.8 Å². The topological polar surface area (TPSA) is 35.5 Å². The Bertz CT molecular complexity index is 652. The smallest absolute Gasteiger partial charge is 0.193 e. The highest BCUT2D eigenvalue weighted by Gasteiger charge is 2.11. The molecule has 0 spiro atoms. The van der Waals surface area contributed by atoms with E-state index < -0.39 is 0 Å². The quantitative estimate of drug-likeness (QED) is 0.287. The van der Waals surface area contributed by atoms with Gasteiger partial charge in [0.15, 0.2) is 5.78 Å². The molecule has 0 aliphatic heterocycles. The highest BCUT2D eigenvalue weighted by Crippen LogP contribution is 2.16. The lowest BCUT2D eigenvalue weighted by atomic mass is 9.96. The fourth-order valence-corrected chi connectivity index (χ4v) is 3.39. The van der Waals surface area contributed by atoms with Crippen molar-refractivity contribution < 1.29 is 14.3 Å². The Labute approximate surface area is 179 Å². The first-order valence-electron chi connectivity index (χ1n) is 9.63. The van der Waals surface area contributed by atoms with Gasteiger partial charge in [0.1, 0.15) is 0 Å². The van der Waals surface area contributed by atoms with Gasteiger partial charge in [0.05, 0.1) is 25.1 Å². The molecule has 2 unspecified atom stereocenters. The maximum atomic E-state index is 12.7. The summed E-state index contributed by atoms with van der Waals surface area (Å²) in [4.78, 5) is 12.7. The van der Waals surface area contributed by atoms with Crippen LogP contribution in [0.25, 0.3) is 0 Å². The van der Waals surface area contributed by atoms with E-state index in [0.29, 0.717) is 48.1 Å². The number of carbonyl (C=O) groups excluding carboxylic acids is 1. The van der Waals surface area contributed by atoms with E-state index in [0.717, 1.165) is 12.8 Å². The molecular formula is C23H30O3S2. The summed E-state index contributed by atoms with van der Waals surface area (Å²) in [6.45, 7) is 5.68. The molecule has 3 nitrogen and oxygen atoms in total. The van der Waals surface area contributed by atoms with E-state index in [9.17, 15) is 4.79 Å². The molecule has 0 amide bonds. The van der Waals surface area contributed by atoms with Gasteiger partial charge in [-0.3, -0.25) is 4.79 Å². The van der Waals surface area contributed by atoms with Crippen molar-refractivity contribution in [3.8, 4) is 0 Å². The third-order valence-corrected chi connectivity index (χ3v) is 4.95. The van der Waals surface area contributed by atoms with Crippen LogP contribution in [0.3, 0.4) is 0 Å². The summed E-state index contributed by atoms with van der Waals surface area (Å²) >= 11 is 8.12. The van der Waals surface area contributed by atoms with Gasteiger partial charge in [0.25, 0.3) is 0 Å². The number of carbonyl (C=O) groups is 1. The molecule has 0 bridgehead atoms. The molecule has 0 aromatic heterocycles. The van der Waals surface area contributed by atoms with Crippen LogP contribution in [0.2, 0.25) is 0 Å². The lowest BCUT2D eigenvalue weighted by molar-refractivity contribution is 0.103. The minimum absolute atomic E-state index is 0.0519. The van der Waals surface area contributed by atoms with Crippen LogP contribution in [0.15, 0.2) is 48.5 Å². The molecule has 5 heteroatoms. The third-order valence-electron chi connectivity index (χ3n) is 4.59. The zero-order chi connectivity index (χ0) is 20.4. The van der Waals surface area contributed by atoms with Gasteiger partial charge in [-0.15, -0.1) is 0 Å². The lowest BCUT2D eigenvalue weighted by Crippen LogP contribution is -2.09. The molecule has 28 heavy (non-hydrogen) atoms. The van der Waals surface area contributed by atoms with Crippen LogP contribution in [0.4, 0.5) is 0 Å². The zero-order valence-corrected chi connectivity index (χ0v) is 18.4. The highest BCUT2D eigenvalue weighted by atomic mass is 32.1. The summed E-state index contributed by atoms with van der Waals surface area (Å²) in [5.41, 5.74) is 3.84. The van der Waals surface area contributed by atoms with Crippen molar-refractivity contribution in [2.45, 2.75) is 26.7 Å². The Kier molecular flexibility index (Phi) is 10.1. The monoisotopic (exact) mass is 418 g/mol. The molecule has 0 saturated carbocycles. The molecule has 2 aromatic rings. The standard InChI is InChI=1S/C23H30O3S2/c1-17(13-25-15-27)11-19-3-7-21(8-4-19)23(24)22-9-5-20(6-10-22)12-18(2)14-26-16-28/h3-10,17-18,27-28H,11-16H2,1-2H3. The molecule has 2 atom stereocenters. The first-order chi connectivity index (χ1) is 13.5. The molecule has 152 valence electrons. The van der Waals surface area contributed by atoms with E-state index in [2.05, 4.69) is 39.1 Å². The largest absolute Gasteiger partial charge is 0.371 e. The van der Waals surface area contributed by atoms with Gasteiger partial charge >= 0.3 is 0 Å². The molecule has 0 N–H and O–H groups in total. The van der Waals surface area contributed by atoms with E-state index in [1.165, 1.54) is 11.1 Å². The minimum atomic E-state index is 0.0519. The average molecular weight is 419 g/mol. The fourth-order valence-electron chi connectivity index (χ4n) is 3.18. The molecule has 0 fully saturated rings. The van der Waals surface area contributed by atoms with Gasteiger partial charge in [-0.2, -0.15) is 25.3 Å². The Morgan fingerprint density at radius 3 is 1.43 bits per heavy atom. The van der Waals surface area contributed by atoms with Crippen molar-refractivity contribution in [1.29, 1.82) is 0 Å². The zero-order valence-electron chi connectivity index (χ0n) is 16.6. The number of rotatable bonds is 12. The van der Waals surface area contributed by atoms with Crippen molar-refractivity contribution >= 4 is 31.0 Å². The summed E-state index contributed by atoms with van der Waals surface area (Å²) < 4.78 is 10.7. The van der Waals surface area contributed by atoms with Crippen molar-refractivity contribution in [2.75, 3.05) is 25.1 Å². The predicted molar refractivity (Wildman–Crippen MR) is 122 cm³/mol. The maximum absolute atomic E-state index is 12.7. The number of benzene rings is 2. The Hall–Kier alpha value is -1.27. The van der Waals surface area contributed by atoms with E-state index in [-0.39, 0.29) is 5.78 Å². The summed E-state index contributed by atoms with van der Waals surface area (Å²) in [7, 11) is 0. The molecule has 0 saturated heterocycles. The van der Waals surface area contributed by atoms with Crippen molar-refractivity contribution in [3.05, 3.63) is 70.8 Å². The SMILES string of the molecule is CC(COCS)Cc1ccc(C(=O)c2ccc(CC(C)COCS)cc2)cc1. The van der Waals surface area contributed by atoms with Crippen molar-refractivity contribution in [3.63, 3.8) is 0 Å². The van der Waals surface area contributed by atoms with Crippen LogP contribution < -0.4 is 0 Å². The summed E-state index contributed by atoms with van der Waals surface area (Å²) in [6, 6.07) is 15.8. The minimum Gasteiger partial charge on any atom is -0.371 e. The van der Waals surface area contributed by atoms with Crippen LogP contribution in [-0.2, 0) is 22.3 Å². The Morgan fingerprint density at radius 1 is 0.750 bits per heavy atom. The number of thiol groups is 2. The molecule has 0 heterocycles. The molecule has 2 aromatic carbocycles. The number of ketones is 1. The number of ether oxygens (including phenoxy) is 2. The average Bonchev–Trinajstić information content (AvgIpc) is 2.71. The molecule has 0 aliphatic carbocycles. The Morgan fingerprint density at radius 2 is 1.11 bits per heavy atom. The lowest BCUT2D eigenvalue weighted by Gasteiger charge is -2.12. The second-order valence-electron chi connectivity index (χ2n) is 7.34. The normalized spacial score (nSPS) is 13.3. The van der Waals surface area contributed by atoms with Gasteiger partial charge in [0, 0.05) is 11.1 Å².